The van der Waals surface area contributed by atoms with Crippen molar-refractivity contribution in [2.24, 2.45) is 0 Å². The summed E-state index contributed by atoms with van der Waals surface area (Å²) in [4.78, 5) is 21.1. The fourth-order valence-electron chi connectivity index (χ4n) is 1.05. The van der Waals surface area contributed by atoms with Crippen molar-refractivity contribution in [1.82, 2.24) is 0 Å². The highest BCUT2D eigenvalue weighted by molar-refractivity contribution is 6.16. The molecule has 0 unspecified atom stereocenters. The van der Waals surface area contributed by atoms with Crippen LogP contribution in [0.5, 0.6) is 0 Å². The highest BCUT2D eigenvalue weighted by atomic mass is 16.5. The van der Waals surface area contributed by atoms with Crippen molar-refractivity contribution in [3.8, 4) is 0 Å². The predicted molar refractivity (Wildman–Crippen MR) is 52.7 cm³/mol. The molecule has 0 aliphatic carbocycles. The molecule has 0 saturated heterocycles. The number of hydrogen-bond donors (Lipinski definition) is 2. The van der Waals surface area contributed by atoms with E-state index in [9.17, 15) is 9.59 Å². The van der Waals surface area contributed by atoms with Gasteiger partial charge in [-0.2, -0.15) is 0 Å². The summed E-state index contributed by atoms with van der Waals surface area (Å²) in [5.41, 5.74) is -0.752. The van der Waals surface area contributed by atoms with E-state index >= 15 is 0 Å². The van der Waals surface area contributed by atoms with Crippen molar-refractivity contribution >= 4 is 18.0 Å². The Hall–Kier alpha value is -2.08. The zero-order valence-corrected chi connectivity index (χ0v) is 8.47. The second-order valence-corrected chi connectivity index (χ2v) is 2.91. The maximum atomic E-state index is 10.6. The number of carbonyl (C=O) groups is 2. The van der Waals surface area contributed by atoms with Gasteiger partial charge in [0.15, 0.2) is 0 Å². The average Bonchev–Trinajstić information content (AvgIpc) is 2.61. The van der Waals surface area contributed by atoms with Crippen molar-refractivity contribution in [2.75, 3.05) is 7.11 Å². The number of methoxy groups -OCH3 is 1. The Balaban J connectivity index is 2.95. The van der Waals surface area contributed by atoms with Crippen LogP contribution in [0.2, 0.25) is 0 Å². The standard InChI is InChI=1S/C10H10O6/c1-15-5-7-3-2-6(16-7)4-8(9(11)12)10(13)14/h2-4H,5H2,1H3,(H,11,12)(H,13,14). The fraction of sp³-hybridized carbons (Fsp3) is 0.200. The van der Waals surface area contributed by atoms with Crippen molar-refractivity contribution < 1.29 is 29.0 Å². The van der Waals surface area contributed by atoms with Crippen LogP contribution in [0.15, 0.2) is 22.1 Å². The van der Waals surface area contributed by atoms with Crippen LogP contribution in [0.3, 0.4) is 0 Å². The van der Waals surface area contributed by atoms with Gasteiger partial charge in [0.05, 0.1) is 0 Å². The van der Waals surface area contributed by atoms with Crippen LogP contribution >= 0.6 is 0 Å². The van der Waals surface area contributed by atoms with Crippen molar-refractivity contribution in [1.29, 1.82) is 0 Å². The van der Waals surface area contributed by atoms with Crippen molar-refractivity contribution in [2.45, 2.75) is 6.61 Å². The molecule has 0 bridgehead atoms. The fourth-order valence-corrected chi connectivity index (χ4v) is 1.05. The number of carboxylic acid groups (broad SMARTS) is 2. The third kappa shape index (κ3) is 2.96. The minimum absolute atomic E-state index is 0.159. The summed E-state index contributed by atoms with van der Waals surface area (Å²) in [6.07, 6.45) is 0.948. The third-order valence-electron chi connectivity index (χ3n) is 1.72. The van der Waals surface area contributed by atoms with Gasteiger partial charge in [0.1, 0.15) is 23.7 Å². The van der Waals surface area contributed by atoms with E-state index in [0.717, 1.165) is 6.08 Å². The summed E-state index contributed by atoms with van der Waals surface area (Å²) in [5, 5.41) is 17.2. The molecule has 0 aliphatic heterocycles. The molecule has 0 radical (unpaired) electrons. The topological polar surface area (TPSA) is 97.0 Å². The number of carboxylic acids is 2. The molecule has 2 N–H and O–H groups in total. The Labute approximate surface area is 90.8 Å². The Kier molecular flexibility index (Phi) is 3.84. The van der Waals surface area contributed by atoms with Gasteiger partial charge in [-0.05, 0) is 12.1 Å². The SMILES string of the molecule is COCc1ccc(C=C(C(=O)O)C(=O)O)o1. The van der Waals surface area contributed by atoms with E-state index in [-0.39, 0.29) is 12.4 Å². The second-order valence-electron chi connectivity index (χ2n) is 2.91. The summed E-state index contributed by atoms with van der Waals surface area (Å²) >= 11 is 0. The molecule has 0 amide bonds. The van der Waals surface area contributed by atoms with Gasteiger partial charge in [0.2, 0.25) is 0 Å². The zero-order valence-electron chi connectivity index (χ0n) is 8.47. The van der Waals surface area contributed by atoms with Crippen LogP contribution in [0, 0.1) is 0 Å². The number of rotatable bonds is 5. The predicted octanol–water partition coefficient (Wildman–Crippen LogP) is 0.979. The molecular formula is C10H10O6. The minimum atomic E-state index is -1.52. The lowest BCUT2D eigenvalue weighted by Crippen LogP contribution is -2.10. The minimum Gasteiger partial charge on any atom is -0.477 e. The summed E-state index contributed by atoms with van der Waals surface area (Å²) in [6, 6.07) is 3.05. The molecule has 0 saturated carbocycles. The van der Waals surface area contributed by atoms with Gasteiger partial charge in [0, 0.05) is 13.2 Å². The van der Waals surface area contributed by atoms with E-state index in [4.69, 9.17) is 19.4 Å². The van der Waals surface area contributed by atoms with E-state index < -0.39 is 17.5 Å². The molecule has 6 nitrogen and oxygen atoms in total. The first-order chi connectivity index (χ1) is 7.54. The van der Waals surface area contributed by atoms with Gasteiger partial charge >= 0.3 is 11.9 Å². The van der Waals surface area contributed by atoms with Gasteiger partial charge < -0.3 is 19.4 Å². The smallest absolute Gasteiger partial charge is 0.343 e. The van der Waals surface area contributed by atoms with E-state index in [1.54, 1.807) is 6.07 Å². The monoisotopic (exact) mass is 226 g/mol. The molecule has 1 aromatic heterocycles. The highest BCUT2D eigenvalue weighted by Gasteiger charge is 2.16. The Bertz CT molecular complexity index is 412. The largest absolute Gasteiger partial charge is 0.477 e. The molecule has 0 atom stereocenters. The van der Waals surface area contributed by atoms with E-state index in [1.807, 2.05) is 0 Å². The first kappa shape index (κ1) is 12.0. The van der Waals surface area contributed by atoms with Crippen LogP contribution in [-0.4, -0.2) is 29.3 Å². The number of hydrogen-bond acceptors (Lipinski definition) is 4. The van der Waals surface area contributed by atoms with Crippen LogP contribution in [0.4, 0.5) is 0 Å². The molecule has 0 fully saturated rings. The van der Waals surface area contributed by atoms with Crippen LogP contribution < -0.4 is 0 Å². The molecule has 0 aliphatic rings. The lowest BCUT2D eigenvalue weighted by atomic mass is 10.2. The van der Waals surface area contributed by atoms with Gasteiger partial charge in [-0.15, -0.1) is 0 Å². The molecule has 16 heavy (non-hydrogen) atoms. The van der Waals surface area contributed by atoms with E-state index in [2.05, 4.69) is 0 Å². The molecule has 1 heterocycles. The molecule has 0 aromatic carbocycles. The lowest BCUT2D eigenvalue weighted by Gasteiger charge is -1.94. The normalized spacial score (nSPS) is 9.81. The number of ether oxygens (including phenoxy) is 1. The Morgan fingerprint density at radius 3 is 2.50 bits per heavy atom. The quantitative estimate of drug-likeness (QED) is 0.441. The molecule has 6 heteroatoms. The summed E-state index contributed by atoms with van der Waals surface area (Å²) in [6.45, 7) is 0.239. The van der Waals surface area contributed by atoms with E-state index in [1.165, 1.54) is 13.2 Å². The average molecular weight is 226 g/mol. The van der Waals surface area contributed by atoms with Crippen LogP contribution in [0.25, 0.3) is 6.08 Å². The first-order valence-electron chi connectivity index (χ1n) is 4.30. The Morgan fingerprint density at radius 2 is 2.00 bits per heavy atom. The summed E-state index contributed by atoms with van der Waals surface area (Å²) in [5.74, 6) is -2.38. The molecule has 0 spiro atoms. The molecule has 1 rings (SSSR count). The number of aliphatic carboxylic acids is 2. The summed E-state index contributed by atoms with van der Waals surface area (Å²) < 4.78 is 9.92. The van der Waals surface area contributed by atoms with Crippen LogP contribution in [0.1, 0.15) is 11.5 Å². The van der Waals surface area contributed by atoms with Gasteiger partial charge in [-0.1, -0.05) is 0 Å². The van der Waals surface area contributed by atoms with E-state index in [0.29, 0.717) is 5.76 Å². The van der Waals surface area contributed by atoms with Gasteiger partial charge in [-0.25, -0.2) is 9.59 Å². The first-order valence-corrected chi connectivity index (χ1v) is 4.30. The van der Waals surface area contributed by atoms with Crippen molar-refractivity contribution in [3.63, 3.8) is 0 Å². The lowest BCUT2D eigenvalue weighted by molar-refractivity contribution is -0.140. The Morgan fingerprint density at radius 1 is 1.38 bits per heavy atom. The maximum absolute atomic E-state index is 10.6. The molecular weight excluding hydrogens is 216 g/mol. The van der Waals surface area contributed by atoms with Gasteiger partial charge in [-0.3, -0.25) is 0 Å². The van der Waals surface area contributed by atoms with Crippen molar-refractivity contribution in [3.05, 3.63) is 29.2 Å². The second kappa shape index (κ2) is 5.13. The number of furan rings is 1. The zero-order chi connectivity index (χ0) is 12.1. The van der Waals surface area contributed by atoms with Crippen LogP contribution in [-0.2, 0) is 20.9 Å². The molecule has 1 aromatic rings. The summed E-state index contributed by atoms with van der Waals surface area (Å²) in [7, 11) is 1.48. The third-order valence-corrected chi connectivity index (χ3v) is 1.72. The maximum Gasteiger partial charge on any atom is 0.343 e. The highest BCUT2D eigenvalue weighted by Crippen LogP contribution is 2.13. The molecule has 86 valence electrons. The van der Waals surface area contributed by atoms with Gasteiger partial charge in [0.25, 0.3) is 0 Å².